The van der Waals surface area contributed by atoms with Gasteiger partial charge >= 0.3 is 12.0 Å². The van der Waals surface area contributed by atoms with E-state index in [2.05, 4.69) is 15.6 Å². The second-order valence-corrected chi connectivity index (χ2v) is 4.27. The number of carbonyl (C=O) groups is 2. The fraction of sp³-hybridized carbons (Fsp3) is 0.417. The molecule has 7 nitrogen and oxygen atoms in total. The van der Waals surface area contributed by atoms with Crippen LogP contribution in [0.4, 0.5) is 10.5 Å². The summed E-state index contributed by atoms with van der Waals surface area (Å²) in [6, 6.07) is 2.52. The minimum Gasteiger partial charge on any atom is -0.476 e. The highest BCUT2D eigenvalue weighted by atomic mass is 16.5. The number of carboxylic acids is 1. The summed E-state index contributed by atoms with van der Waals surface area (Å²) in [5, 5.41) is 14.2. The number of rotatable bonds is 3. The zero-order valence-electron chi connectivity index (χ0n) is 10.4. The maximum absolute atomic E-state index is 11.8. The zero-order chi connectivity index (χ0) is 13.8. The number of nitrogens with zero attached hydrogens (tertiary/aromatic N) is 1. The number of carboxylic acid groups (broad SMARTS) is 1. The Labute approximate surface area is 110 Å². The Morgan fingerprint density at radius 3 is 2.95 bits per heavy atom. The van der Waals surface area contributed by atoms with E-state index in [1.54, 1.807) is 6.07 Å². The molecule has 1 aromatic heterocycles. The van der Waals surface area contributed by atoms with Gasteiger partial charge in [-0.1, -0.05) is 0 Å². The minimum atomic E-state index is -1.19. The van der Waals surface area contributed by atoms with Crippen LogP contribution in [-0.2, 0) is 4.74 Å². The number of urea groups is 1. The predicted molar refractivity (Wildman–Crippen MR) is 67.2 cm³/mol. The van der Waals surface area contributed by atoms with E-state index in [0.717, 1.165) is 6.42 Å². The lowest BCUT2D eigenvalue weighted by Crippen LogP contribution is -2.41. The standard InChI is InChI=1S/C12H15N3O4/c1-7-8(4-6-19-7)14-12(18)15-9-3-2-5-13-10(9)11(16)17/h2-3,5,7-8H,4,6H2,1H3,(H,16,17)(H2,14,15,18). The van der Waals surface area contributed by atoms with Crippen LogP contribution in [0.2, 0.25) is 0 Å². The summed E-state index contributed by atoms with van der Waals surface area (Å²) in [6.07, 6.45) is 2.06. The predicted octanol–water partition coefficient (Wildman–Crippen LogP) is 1.08. The summed E-state index contributed by atoms with van der Waals surface area (Å²) in [5.74, 6) is -1.19. The number of aromatic nitrogens is 1. The van der Waals surface area contributed by atoms with Gasteiger partial charge < -0.3 is 20.5 Å². The third-order valence-electron chi connectivity index (χ3n) is 2.95. The van der Waals surface area contributed by atoms with Crippen molar-refractivity contribution in [2.24, 2.45) is 0 Å². The van der Waals surface area contributed by atoms with Crippen molar-refractivity contribution < 1.29 is 19.4 Å². The summed E-state index contributed by atoms with van der Waals surface area (Å²) in [7, 11) is 0. The van der Waals surface area contributed by atoms with Crippen LogP contribution in [-0.4, -0.2) is 40.8 Å². The van der Waals surface area contributed by atoms with Gasteiger partial charge in [0.1, 0.15) is 0 Å². The normalized spacial score (nSPS) is 21.9. The van der Waals surface area contributed by atoms with Crippen molar-refractivity contribution in [2.75, 3.05) is 11.9 Å². The molecule has 1 fully saturated rings. The largest absolute Gasteiger partial charge is 0.476 e. The van der Waals surface area contributed by atoms with Gasteiger partial charge in [0.05, 0.1) is 17.8 Å². The molecule has 0 aromatic carbocycles. The Bertz CT molecular complexity index is 492. The van der Waals surface area contributed by atoms with Crippen molar-refractivity contribution in [3.8, 4) is 0 Å². The smallest absolute Gasteiger partial charge is 0.356 e. The number of carbonyl (C=O) groups excluding carboxylic acids is 1. The van der Waals surface area contributed by atoms with Crippen LogP contribution in [0.25, 0.3) is 0 Å². The summed E-state index contributed by atoms with van der Waals surface area (Å²) in [5.41, 5.74) is -0.0209. The molecule has 1 aromatic rings. The molecular formula is C12H15N3O4. The van der Waals surface area contributed by atoms with E-state index in [-0.39, 0.29) is 23.5 Å². The fourth-order valence-electron chi connectivity index (χ4n) is 1.92. The quantitative estimate of drug-likeness (QED) is 0.759. The lowest BCUT2D eigenvalue weighted by molar-refractivity contribution is 0.0691. The first-order chi connectivity index (χ1) is 9.08. The third-order valence-corrected chi connectivity index (χ3v) is 2.95. The van der Waals surface area contributed by atoms with Gasteiger partial charge in [-0.05, 0) is 25.5 Å². The van der Waals surface area contributed by atoms with Crippen LogP contribution < -0.4 is 10.6 Å². The Hall–Kier alpha value is -2.15. The molecular weight excluding hydrogens is 250 g/mol. The molecule has 102 valence electrons. The van der Waals surface area contributed by atoms with Crippen molar-refractivity contribution in [3.05, 3.63) is 24.0 Å². The van der Waals surface area contributed by atoms with Gasteiger partial charge in [-0.25, -0.2) is 14.6 Å². The number of pyridine rings is 1. The molecule has 1 saturated heterocycles. The SMILES string of the molecule is CC1OCCC1NC(=O)Nc1cccnc1C(=O)O. The maximum Gasteiger partial charge on any atom is 0.356 e. The van der Waals surface area contributed by atoms with Crippen LogP contribution in [0.1, 0.15) is 23.8 Å². The number of hydrogen-bond donors (Lipinski definition) is 3. The number of amides is 2. The summed E-state index contributed by atoms with van der Waals surface area (Å²) < 4.78 is 5.33. The van der Waals surface area contributed by atoms with Gasteiger partial charge in [0.25, 0.3) is 0 Å². The van der Waals surface area contributed by atoms with Gasteiger partial charge in [0.2, 0.25) is 0 Å². The molecule has 0 bridgehead atoms. The molecule has 0 aliphatic carbocycles. The summed E-state index contributed by atoms with van der Waals surface area (Å²) in [6.45, 7) is 2.49. The van der Waals surface area contributed by atoms with Gasteiger partial charge in [-0.3, -0.25) is 0 Å². The Balaban J connectivity index is 2.01. The molecule has 0 spiro atoms. The molecule has 2 unspecified atom stereocenters. The van der Waals surface area contributed by atoms with E-state index in [0.29, 0.717) is 6.61 Å². The van der Waals surface area contributed by atoms with E-state index in [4.69, 9.17) is 9.84 Å². The molecule has 1 aliphatic heterocycles. The van der Waals surface area contributed by atoms with Crippen LogP contribution in [0.5, 0.6) is 0 Å². The first-order valence-corrected chi connectivity index (χ1v) is 5.95. The van der Waals surface area contributed by atoms with E-state index >= 15 is 0 Å². The van der Waals surface area contributed by atoms with Crippen molar-refractivity contribution in [1.29, 1.82) is 0 Å². The lowest BCUT2D eigenvalue weighted by atomic mass is 10.2. The zero-order valence-corrected chi connectivity index (χ0v) is 10.4. The van der Waals surface area contributed by atoms with E-state index in [1.807, 2.05) is 6.92 Å². The lowest BCUT2D eigenvalue weighted by Gasteiger charge is -2.16. The molecule has 1 aliphatic rings. The summed E-state index contributed by atoms with van der Waals surface area (Å²) in [4.78, 5) is 26.4. The van der Waals surface area contributed by atoms with Crippen LogP contribution in [0.3, 0.4) is 0 Å². The molecule has 2 heterocycles. The number of hydrogen-bond acceptors (Lipinski definition) is 4. The minimum absolute atomic E-state index is 0.0430. The van der Waals surface area contributed by atoms with Crippen LogP contribution in [0, 0.1) is 0 Å². The molecule has 0 radical (unpaired) electrons. The Morgan fingerprint density at radius 2 is 2.32 bits per heavy atom. The van der Waals surface area contributed by atoms with Crippen molar-refractivity contribution in [2.45, 2.75) is 25.5 Å². The fourth-order valence-corrected chi connectivity index (χ4v) is 1.92. The van der Waals surface area contributed by atoms with Gasteiger partial charge in [0, 0.05) is 12.8 Å². The van der Waals surface area contributed by atoms with Crippen molar-refractivity contribution >= 4 is 17.7 Å². The average molecular weight is 265 g/mol. The van der Waals surface area contributed by atoms with Crippen LogP contribution >= 0.6 is 0 Å². The van der Waals surface area contributed by atoms with Gasteiger partial charge in [-0.15, -0.1) is 0 Å². The molecule has 2 atom stereocenters. The average Bonchev–Trinajstić information content (AvgIpc) is 2.75. The summed E-state index contributed by atoms with van der Waals surface area (Å²) >= 11 is 0. The van der Waals surface area contributed by atoms with Crippen molar-refractivity contribution in [3.63, 3.8) is 0 Å². The van der Waals surface area contributed by atoms with E-state index < -0.39 is 12.0 Å². The highest BCUT2D eigenvalue weighted by Crippen LogP contribution is 2.14. The number of nitrogens with one attached hydrogen (secondary N) is 2. The van der Waals surface area contributed by atoms with E-state index in [9.17, 15) is 9.59 Å². The third kappa shape index (κ3) is 3.19. The number of anilines is 1. The highest BCUT2D eigenvalue weighted by molar-refractivity contribution is 5.98. The monoisotopic (exact) mass is 265 g/mol. The highest BCUT2D eigenvalue weighted by Gasteiger charge is 2.26. The van der Waals surface area contributed by atoms with E-state index in [1.165, 1.54) is 12.3 Å². The number of ether oxygens (including phenoxy) is 1. The van der Waals surface area contributed by atoms with Gasteiger partial charge in [0.15, 0.2) is 5.69 Å². The first kappa shape index (κ1) is 13.3. The second kappa shape index (κ2) is 5.66. The molecule has 3 N–H and O–H groups in total. The van der Waals surface area contributed by atoms with Crippen LogP contribution in [0.15, 0.2) is 18.3 Å². The van der Waals surface area contributed by atoms with Gasteiger partial charge in [-0.2, -0.15) is 0 Å². The first-order valence-electron chi connectivity index (χ1n) is 5.95. The molecule has 2 amide bonds. The van der Waals surface area contributed by atoms with Crippen molar-refractivity contribution in [1.82, 2.24) is 10.3 Å². The molecule has 2 rings (SSSR count). The topological polar surface area (TPSA) is 101 Å². The maximum atomic E-state index is 11.8. The Kier molecular flexibility index (Phi) is 3.96. The second-order valence-electron chi connectivity index (χ2n) is 4.27. The molecule has 0 saturated carbocycles. The molecule has 19 heavy (non-hydrogen) atoms. The number of aromatic carboxylic acids is 1. The molecule has 7 heteroatoms. The Morgan fingerprint density at radius 1 is 1.53 bits per heavy atom.